The van der Waals surface area contributed by atoms with E-state index in [0.717, 1.165) is 16.5 Å². The summed E-state index contributed by atoms with van der Waals surface area (Å²) < 4.78 is 0. The minimum atomic E-state index is -0.550. The van der Waals surface area contributed by atoms with Crippen molar-refractivity contribution >= 4 is 22.7 Å². The first-order valence-corrected chi connectivity index (χ1v) is 9.55. The number of carbonyl (C=O) groups excluding carboxylic acids is 2. The van der Waals surface area contributed by atoms with Crippen LogP contribution in [-0.4, -0.2) is 45.4 Å². The van der Waals surface area contributed by atoms with Gasteiger partial charge in [0.2, 0.25) is 0 Å². The molecule has 3 rings (SSSR count). The second-order valence-corrected chi connectivity index (χ2v) is 8.80. The monoisotopic (exact) mass is 370 g/mol. The number of carbonyl (C=O) groups is 2. The number of nitrogens with one attached hydrogen (secondary N) is 2. The number of para-hydroxylation sites is 1. The standard InChI is InChI=1S/C21H30N4O2/c1-20(2)11-15(22)12-21(3,4)25(20)19(27)18(26)23-10-9-14-13-24-17-8-6-5-7-16(14)17/h5-8,13,15,24H,9-12,22H2,1-4H3,(H,23,26). The van der Waals surface area contributed by atoms with Crippen molar-refractivity contribution in [2.24, 2.45) is 5.73 Å². The van der Waals surface area contributed by atoms with Gasteiger partial charge in [0.25, 0.3) is 0 Å². The number of H-pyrrole nitrogens is 1. The number of piperidine rings is 1. The van der Waals surface area contributed by atoms with Crippen molar-refractivity contribution in [1.82, 2.24) is 15.2 Å². The van der Waals surface area contributed by atoms with Crippen LogP contribution in [-0.2, 0) is 16.0 Å². The summed E-state index contributed by atoms with van der Waals surface area (Å²) in [4.78, 5) is 30.4. The molecule has 0 saturated carbocycles. The number of fused-ring (bicyclic) bond motifs is 1. The highest BCUT2D eigenvalue weighted by Gasteiger charge is 2.48. The molecule has 146 valence electrons. The van der Waals surface area contributed by atoms with E-state index in [2.05, 4.69) is 16.4 Å². The molecule has 0 bridgehead atoms. The van der Waals surface area contributed by atoms with Crippen LogP contribution < -0.4 is 11.1 Å². The molecule has 2 heterocycles. The third kappa shape index (κ3) is 3.86. The Morgan fingerprint density at radius 3 is 2.48 bits per heavy atom. The normalized spacial score (nSPS) is 19.2. The van der Waals surface area contributed by atoms with Crippen LogP contribution in [0.3, 0.4) is 0 Å². The van der Waals surface area contributed by atoms with Crippen molar-refractivity contribution in [3.05, 3.63) is 36.0 Å². The molecule has 0 unspecified atom stereocenters. The molecule has 0 aliphatic carbocycles. The minimum Gasteiger partial charge on any atom is -0.361 e. The zero-order chi connectivity index (χ0) is 19.8. The Morgan fingerprint density at radius 1 is 1.19 bits per heavy atom. The topological polar surface area (TPSA) is 91.2 Å². The Labute approximate surface area is 160 Å². The van der Waals surface area contributed by atoms with Crippen LogP contribution in [0.15, 0.2) is 30.5 Å². The first kappa shape index (κ1) is 19.4. The molecule has 1 aliphatic rings. The average molecular weight is 370 g/mol. The van der Waals surface area contributed by atoms with Crippen molar-refractivity contribution < 1.29 is 9.59 Å². The maximum atomic E-state index is 12.9. The molecule has 0 atom stereocenters. The third-order valence-electron chi connectivity index (χ3n) is 5.49. The smallest absolute Gasteiger partial charge is 0.312 e. The van der Waals surface area contributed by atoms with Gasteiger partial charge in [0.15, 0.2) is 0 Å². The number of aromatic amines is 1. The molecule has 1 fully saturated rings. The fourth-order valence-corrected chi connectivity index (χ4v) is 4.73. The molecular formula is C21H30N4O2. The van der Waals surface area contributed by atoms with Gasteiger partial charge < -0.3 is 20.9 Å². The van der Waals surface area contributed by atoms with E-state index in [1.54, 1.807) is 4.90 Å². The van der Waals surface area contributed by atoms with Crippen molar-refractivity contribution in [1.29, 1.82) is 0 Å². The number of likely N-dealkylation sites (tertiary alicyclic amines) is 1. The lowest BCUT2D eigenvalue weighted by atomic mass is 9.77. The van der Waals surface area contributed by atoms with Crippen LogP contribution >= 0.6 is 0 Å². The second kappa shape index (κ2) is 7.00. The number of hydrogen-bond acceptors (Lipinski definition) is 3. The summed E-state index contributed by atoms with van der Waals surface area (Å²) >= 11 is 0. The highest BCUT2D eigenvalue weighted by atomic mass is 16.2. The first-order valence-electron chi connectivity index (χ1n) is 9.55. The van der Waals surface area contributed by atoms with Crippen molar-refractivity contribution in [2.75, 3.05) is 6.54 Å². The zero-order valence-electron chi connectivity index (χ0n) is 16.6. The van der Waals surface area contributed by atoms with Gasteiger partial charge in [-0.2, -0.15) is 0 Å². The van der Waals surface area contributed by atoms with Gasteiger partial charge >= 0.3 is 11.8 Å². The van der Waals surface area contributed by atoms with Crippen molar-refractivity contribution in [3.8, 4) is 0 Å². The van der Waals surface area contributed by atoms with Gasteiger partial charge in [-0.05, 0) is 58.6 Å². The Balaban J connectivity index is 1.64. The molecule has 0 radical (unpaired) electrons. The van der Waals surface area contributed by atoms with Gasteiger partial charge in [-0.15, -0.1) is 0 Å². The second-order valence-electron chi connectivity index (χ2n) is 8.80. The number of aromatic nitrogens is 1. The Hall–Kier alpha value is -2.34. The molecule has 1 aromatic carbocycles. The lowest BCUT2D eigenvalue weighted by molar-refractivity contribution is -0.159. The summed E-state index contributed by atoms with van der Waals surface area (Å²) in [6.07, 6.45) is 3.99. The van der Waals surface area contributed by atoms with Crippen molar-refractivity contribution in [2.45, 2.75) is 64.1 Å². The van der Waals surface area contributed by atoms with Crippen LogP contribution in [0, 0.1) is 0 Å². The van der Waals surface area contributed by atoms with Gasteiger partial charge in [-0.3, -0.25) is 9.59 Å². The van der Waals surface area contributed by atoms with Gasteiger partial charge in [0.1, 0.15) is 0 Å². The fourth-order valence-electron chi connectivity index (χ4n) is 4.73. The van der Waals surface area contributed by atoms with E-state index >= 15 is 0 Å². The number of benzene rings is 1. The lowest BCUT2D eigenvalue weighted by Crippen LogP contribution is -2.67. The molecule has 4 N–H and O–H groups in total. The van der Waals surface area contributed by atoms with Gasteiger partial charge in [0, 0.05) is 40.8 Å². The van der Waals surface area contributed by atoms with E-state index in [4.69, 9.17) is 5.73 Å². The van der Waals surface area contributed by atoms with E-state index in [9.17, 15) is 9.59 Å². The van der Waals surface area contributed by atoms with E-state index in [0.29, 0.717) is 25.8 Å². The predicted molar refractivity (Wildman–Crippen MR) is 107 cm³/mol. The largest absolute Gasteiger partial charge is 0.361 e. The molecule has 2 aromatic rings. The van der Waals surface area contributed by atoms with E-state index in [-0.39, 0.29) is 6.04 Å². The van der Waals surface area contributed by atoms with E-state index in [1.165, 1.54) is 0 Å². The summed E-state index contributed by atoms with van der Waals surface area (Å²) in [5, 5.41) is 3.94. The Kier molecular flexibility index (Phi) is 5.04. The predicted octanol–water partition coefficient (Wildman–Crippen LogP) is 2.33. The molecule has 1 saturated heterocycles. The summed E-state index contributed by atoms with van der Waals surface area (Å²) in [7, 11) is 0. The van der Waals surface area contributed by atoms with Crippen LogP contribution in [0.25, 0.3) is 10.9 Å². The summed E-state index contributed by atoms with van der Waals surface area (Å²) in [6.45, 7) is 8.33. The van der Waals surface area contributed by atoms with Gasteiger partial charge in [-0.25, -0.2) is 0 Å². The molecule has 0 spiro atoms. The Morgan fingerprint density at radius 2 is 1.81 bits per heavy atom. The molecule has 2 amide bonds. The molecule has 6 heteroatoms. The van der Waals surface area contributed by atoms with Crippen LogP contribution in [0.4, 0.5) is 0 Å². The molecule has 1 aromatic heterocycles. The van der Waals surface area contributed by atoms with Gasteiger partial charge in [0.05, 0.1) is 0 Å². The third-order valence-corrected chi connectivity index (χ3v) is 5.49. The molecule has 1 aliphatic heterocycles. The molecular weight excluding hydrogens is 340 g/mol. The highest BCUT2D eigenvalue weighted by Crippen LogP contribution is 2.37. The zero-order valence-corrected chi connectivity index (χ0v) is 16.6. The Bertz CT molecular complexity index is 835. The summed E-state index contributed by atoms with van der Waals surface area (Å²) in [5.74, 6) is -1.03. The SMILES string of the molecule is CC1(C)CC(N)CC(C)(C)N1C(=O)C(=O)NCCc1c[nH]c2ccccc12. The summed E-state index contributed by atoms with van der Waals surface area (Å²) in [6, 6.07) is 8.08. The van der Waals surface area contributed by atoms with Crippen molar-refractivity contribution in [3.63, 3.8) is 0 Å². The van der Waals surface area contributed by atoms with E-state index in [1.807, 2.05) is 52.1 Å². The number of hydrogen-bond donors (Lipinski definition) is 3. The van der Waals surface area contributed by atoms with Gasteiger partial charge in [-0.1, -0.05) is 18.2 Å². The van der Waals surface area contributed by atoms with Crippen LogP contribution in [0.2, 0.25) is 0 Å². The number of rotatable bonds is 3. The fraction of sp³-hybridized carbons (Fsp3) is 0.524. The van der Waals surface area contributed by atoms with E-state index < -0.39 is 22.9 Å². The molecule has 27 heavy (non-hydrogen) atoms. The maximum absolute atomic E-state index is 12.9. The molecule has 6 nitrogen and oxygen atoms in total. The minimum absolute atomic E-state index is 0.0315. The maximum Gasteiger partial charge on any atom is 0.312 e. The number of nitrogens with zero attached hydrogens (tertiary/aromatic N) is 1. The number of amides is 2. The average Bonchev–Trinajstić information content (AvgIpc) is 2.95. The van der Waals surface area contributed by atoms with Crippen LogP contribution in [0.5, 0.6) is 0 Å². The first-order chi connectivity index (χ1) is 12.6. The van der Waals surface area contributed by atoms with Crippen LogP contribution in [0.1, 0.15) is 46.1 Å². The summed E-state index contributed by atoms with van der Waals surface area (Å²) in [5.41, 5.74) is 7.46. The lowest BCUT2D eigenvalue weighted by Gasteiger charge is -2.54. The quantitative estimate of drug-likeness (QED) is 0.724. The highest BCUT2D eigenvalue weighted by molar-refractivity contribution is 6.35. The number of nitrogens with two attached hydrogens (primary N) is 1.